The van der Waals surface area contributed by atoms with Crippen LogP contribution in [0.4, 0.5) is 0 Å². The molecule has 0 aromatic heterocycles. The fourth-order valence-electron chi connectivity index (χ4n) is 5.09. The molecule has 8 heteroatoms. The van der Waals surface area contributed by atoms with Crippen LogP contribution in [-0.2, 0) is 14.8 Å². The fraction of sp³-hybridized carbons (Fsp3) is 0.636. The first-order chi connectivity index (χ1) is 14.3. The Bertz CT molecular complexity index is 882. The van der Waals surface area contributed by atoms with Crippen LogP contribution in [0, 0.1) is 17.8 Å². The second-order valence-electron chi connectivity index (χ2n) is 8.49. The van der Waals surface area contributed by atoms with Gasteiger partial charge in [-0.3, -0.25) is 9.59 Å². The summed E-state index contributed by atoms with van der Waals surface area (Å²) in [4.78, 5) is 24.9. The third kappa shape index (κ3) is 4.86. The molecule has 0 spiro atoms. The van der Waals surface area contributed by atoms with Crippen molar-refractivity contribution in [3.05, 3.63) is 29.8 Å². The van der Waals surface area contributed by atoms with Crippen molar-refractivity contribution in [1.82, 2.24) is 14.9 Å². The molecule has 2 fully saturated rings. The second-order valence-corrected chi connectivity index (χ2v) is 10.4. The third-order valence-corrected chi connectivity index (χ3v) is 8.72. The average molecular weight is 436 g/mol. The van der Waals surface area contributed by atoms with Crippen molar-refractivity contribution in [1.29, 1.82) is 0 Å². The van der Waals surface area contributed by atoms with Crippen LogP contribution in [-0.4, -0.2) is 50.2 Å². The standard InChI is InChI=1S/C22H33N3O4S/c1-4-25(5-2)30(28,29)19-8-6-7-18(13-19)22(27)23-14-21(26)24-15(3)20-12-16-9-10-17(20)11-16/h6-8,13,15-17,20H,4-5,9-12,14H2,1-3H3,(H,23,27)(H,24,26). The number of fused-ring (bicyclic) bond motifs is 2. The van der Waals surface area contributed by atoms with E-state index in [-0.39, 0.29) is 29.0 Å². The highest BCUT2D eigenvalue weighted by Crippen LogP contribution is 2.49. The maximum atomic E-state index is 12.7. The first kappa shape index (κ1) is 22.7. The van der Waals surface area contributed by atoms with E-state index >= 15 is 0 Å². The second kappa shape index (κ2) is 9.47. The molecule has 0 saturated heterocycles. The molecule has 2 aliphatic rings. The van der Waals surface area contributed by atoms with Gasteiger partial charge in [-0.1, -0.05) is 26.3 Å². The Morgan fingerprint density at radius 2 is 1.90 bits per heavy atom. The molecule has 4 atom stereocenters. The Labute approximate surface area is 179 Å². The van der Waals surface area contributed by atoms with E-state index in [0.29, 0.717) is 19.0 Å². The number of benzene rings is 1. The molecule has 2 N–H and O–H groups in total. The summed E-state index contributed by atoms with van der Waals surface area (Å²) in [5.41, 5.74) is 0.220. The predicted octanol–water partition coefficient (Wildman–Crippen LogP) is 2.39. The number of nitrogens with one attached hydrogen (secondary N) is 2. The van der Waals surface area contributed by atoms with Crippen molar-refractivity contribution in [3.8, 4) is 0 Å². The largest absolute Gasteiger partial charge is 0.352 e. The highest BCUT2D eigenvalue weighted by molar-refractivity contribution is 7.89. The van der Waals surface area contributed by atoms with Gasteiger partial charge in [0, 0.05) is 24.7 Å². The maximum absolute atomic E-state index is 12.7. The molecular weight excluding hydrogens is 402 g/mol. The Hall–Kier alpha value is -1.93. The van der Waals surface area contributed by atoms with Crippen LogP contribution in [0.2, 0.25) is 0 Å². The molecule has 1 aromatic rings. The Kier molecular flexibility index (Phi) is 7.18. The third-order valence-electron chi connectivity index (χ3n) is 6.67. The monoisotopic (exact) mass is 435 g/mol. The molecule has 30 heavy (non-hydrogen) atoms. The van der Waals surface area contributed by atoms with Crippen LogP contribution in [0.1, 0.15) is 56.8 Å². The van der Waals surface area contributed by atoms with E-state index < -0.39 is 15.9 Å². The number of amides is 2. The Morgan fingerprint density at radius 1 is 1.17 bits per heavy atom. The summed E-state index contributed by atoms with van der Waals surface area (Å²) in [5, 5.41) is 5.63. The Morgan fingerprint density at radius 3 is 2.50 bits per heavy atom. The highest BCUT2D eigenvalue weighted by atomic mass is 32.2. The fourth-order valence-corrected chi connectivity index (χ4v) is 6.60. The van der Waals surface area contributed by atoms with Gasteiger partial charge < -0.3 is 10.6 Å². The molecule has 2 bridgehead atoms. The topological polar surface area (TPSA) is 95.6 Å². The first-order valence-corrected chi connectivity index (χ1v) is 12.4. The van der Waals surface area contributed by atoms with Gasteiger partial charge >= 0.3 is 0 Å². The number of hydrogen-bond donors (Lipinski definition) is 2. The van der Waals surface area contributed by atoms with Gasteiger partial charge in [0.15, 0.2) is 0 Å². The molecule has 4 unspecified atom stereocenters. The van der Waals surface area contributed by atoms with E-state index in [1.54, 1.807) is 26.0 Å². The number of carbonyl (C=O) groups is 2. The molecule has 1 aromatic carbocycles. The zero-order chi connectivity index (χ0) is 21.9. The molecule has 0 radical (unpaired) electrons. The zero-order valence-electron chi connectivity index (χ0n) is 18.1. The van der Waals surface area contributed by atoms with E-state index in [4.69, 9.17) is 0 Å². The molecule has 7 nitrogen and oxygen atoms in total. The number of carbonyl (C=O) groups excluding carboxylic acids is 2. The quantitative estimate of drug-likeness (QED) is 0.623. The Balaban J connectivity index is 1.55. The van der Waals surface area contributed by atoms with Gasteiger partial charge in [-0.05, 0) is 62.1 Å². The highest BCUT2D eigenvalue weighted by Gasteiger charge is 2.42. The number of rotatable bonds is 9. The van der Waals surface area contributed by atoms with Crippen LogP contribution < -0.4 is 10.6 Å². The van der Waals surface area contributed by atoms with Crippen molar-refractivity contribution in [2.75, 3.05) is 19.6 Å². The normalized spacial score (nSPS) is 24.1. The van der Waals surface area contributed by atoms with E-state index in [9.17, 15) is 18.0 Å². The van der Waals surface area contributed by atoms with Crippen molar-refractivity contribution in [2.24, 2.45) is 17.8 Å². The summed E-state index contributed by atoms with van der Waals surface area (Å²) in [6.07, 6.45) is 5.06. The van der Waals surface area contributed by atoms with Crippen molar-refractivity contribution >= 4 is 21.8 Å². The summed E-state index contributed by atoms with van der Waals surface area (Å²) >= 11 is 0. The van der Waals surface area contributed by atoms with Crippen molar-refractivity contribution in [3.63, 3.8) is 0 Å². The van der Waals surface area contributed by atoms with Gasteiger partial charge in [-0.2, -0.15) is 4.31 Å². The van der Waals surface area contributed by atoms with Crippen LogP contribution >= 0.6 is 0 Å². The molecule has 0 heterocycles. The van der Waals surface area contributed by atoms with Gasteiger partial charge in [-0.25, -0.2) is 8.42 Å². The zero-order valence-corrected chi connectivity index (χ0v) is 18.9. The lowest BCUT2D eigenvalue weighted by atomic mass is 9.84. The van der Waals surface area contributed by atoms with Crippen LogP contribution in [0.3, 0.4) is 0 Å². The van der Waals surface area contributed by atoms with E-state index in [1.807, 2.05) is 6.92 Å². The molecule has 166 valence electrons. The minimum absolute atomic E-state index is 0.0770. The van der Waals surface area contributed by atoms with Crippen LogP contribution in [0.25, 0.3) is 0 Å². The lowest BCUT2D eigenvalue weighted by Gasteiger charge is -2.28. The van der Waals surface area contributed by atoms with Crippen molar-refractivity contribution in [2.45, 2.75) is 57.4 Å². The summed E-state index contributed by atoms with van der Waals surface area (Å²) in [6, 6.07) is 6.04. The van der Waals surface area contributed by atoms with E-state index in [1.165, 1.54) is 42.1 Å². The van der Waals surface area contributed by atoms with E-state index in [2.05, 4.69) is 10.6 Å². The molecule has 3 rings (SSSR count). The molecule has 2 saturated carbocycles. The lowest BCUT2D eigenvalue weighted by Crippen LogP contribution is -2.44. The van der Waals surface area contributed by atoms with Gasteiger partial charge in [0.2, 0.25) is 15.9 Å². The van der Waals surface area contributed by atoms with Crippen molar-refractivity contribution < 1.29 is 18.0 Å². The average Bonchev–Trinajstić information content (AvgIpc) is 3.36. The summed E-state index contributed by atoms with van der Waals surface area (Å²) in [5.74, 6) is 1.39. The summed E-state index contributed by atoms with van der Waals surface area (Å²) in [6.45, 7) is 6.18. The lowest BCUT2D eigenvalue weighted by molar-refractivity contribution is -0.121. The minimum Gasteiger partial charge on any atom is -0.352 e. The maximum Gasteiger partial charge on any atom is 0.251 e. The molecule has 0 aliphatic heterocycles. The van der Waals surface area contributed by atoms with Gasteiger partial charge in [-0.15, -0.1) is 0 Å². The number of nitrogens with zero attached hydrogens (tertiary/aromatic N) is 1. The minimum atomic E-state index is -3.64. The van der Waals surface area contributed by atoms with Crippen LogP contribution in [0.5, 0.6) is 0 Å². The summed E-state index contributed by atoms with van der Waals surface area (Å²) < 4.78 is 26.7. The number of hydrogen-bond acceptors (Lipinski definition) is 4. The summed E-state index contributed by atoms with van der Waals surface area (Å²) in [7, 11) is -3.64. The van der Waals surface area contributed by atoms with Crippen LogP contribution in [0.15, 0.2) is 29.2 Å². The molecular formula is C22H33N3O4S. The van der Waals surface area contributed by atoms with Gasteiger partial charge in [0.25, 0.3) is 5.91 Å². The smallest absolute Gasteiger partial charge is 0.251 e. The van der Waals surface area contributed by atoms with Gasteiger partial charge in [0.1, 0.15) is 0 Å². The molecule has 2 amide bonds. The predicted molar refractivity (Wildman–Crippen MR) is 115 cm³/mol. The first-order valence-electron chi connectivity index (χ1n) is 10.9. The van der Waals surface area contributed by atoms with Gasteiger partial charge in [0.05, 0.1) is 11.4 Å². The molecule has 2 aliphatic carbocycles. The SMILES string of the molecule is CCN(CC)S(=O)(=O)c1cccc(C(=O)NCC(=O)NC(C)C2CC3CCC2C3)c1. The van der Waals surface area contributed by atoms with E-state index in [0.717, 1.165) is 11.8 Å². The number of sulfonamides is 1.